The van der Waals surface area contributed by atoms with Gasteiger partial charge in [0.2, 0.25) is 5.82 Å². The first-order chi connectivity index (χ1) is 15.1. The van der Waals surface area contributed by atoms with Crippen molar-refractivity contribution in [1.82, 2.24) is 15.1 Å². The monoisotopic (exact) mass is 453 g/mol. The van der Waals surface area contributed by atoms with Crippen molar-refractivity contribution >= 4 is 29.1 Å². The number of hydrogen-bond donors (Lipinski definition) is 0. The number of carbonyl (C=O) groups excluding carboxylic acids is 1. The summed E-state index contributed by atoms with van der Waals surface area (Å²) < 4.78 is 15.9. The summed E-state index contributed by atoms with van der Waals surface area (Å²) in [7, 11) is 1.59. The molecule has 7 nitrogen and oxygen atoms in total. The van der Waals surface area contributed by atoms with E-state index in [0.717, 1.165) is 21.2 Å². The number of aryl methyl sites for hydroxylation is 1. The minimum Gasteiger partial charge on any atom is -0.497 e. The van der Waals surface area contributed by atoms with Crippen molar-refractivity contribution < 1.29 is 18.8 Å². The van der Waals surface area contributed by atoms with E-state index < -0.39 is 5.97 Å². The SMILES string of the molecule is COc1cccc(-c2noc(COC(=O)c3ccccc3SCc3csc(C)n3)n2)c1. The van der Waals surface area contributed by atoms with Crippen LogP contribution in [0.2, 0.25) is 0 Å². The van der Waals surface area contributed by atoms with Crippen molar-refractivity contribution in [1.29, 1.82) is 0 Å². The largest absolute Gasteiger partial charge is 0.497 e. The predicted molar refractivity (Wildman–Crippen MR) is 118 cm³/mol. The number of aromatic nitrogens is 3. The number of ether oxygens (including phenoxy) is 2. The van der Waals surface area contributed by atoms with Crippen LogP contribution in [0.25, 0.3) is 11.4 Å². The Hall–Kier alpha value is -3.17. The molecule has 4 aromatic rings. The second-order valence-electron chi connectivity index (χ2n) is 6.46. The van der Waals surface area contributed by atoms with Crippen molar-refractivity contribution in [3.63, 3.8) is 0 Å². The highest BCUT2D eigenvalue weighted by molar-refractivity contribution is 7.98. The molecule has 0 atom stereocenters. The average Bonchev–Trinajstić information content (AvgIpc) is 3.45. The molecule has 0 radical (unpaired) electrons. The zero-order valence-electron chi connectivity index (χ0n) is 16.9. The fraction of sp³-hybridized carbons (Fsp3) is 0.182. The fourth-order valence-electron chi connectivity index (χ4n) is 2.79. The van der Waals surface area contributed by atoms with Crippen LogP contribution in [0.3, 0.4) is 0 Å². The first kappa shape index (κ1) is 21.1. The maximum atomic E-state index is 12.7. The maximum absolute atomic E-state index is 12.7. The molecule has 158 valence electrons. The van der Waals surface area contributed by atoms with Gasteiger partial charge in [0, 0.05) is 21.6 Å². The lowest BCUT2D eigenvalue weighted by Crippen LogP contribution is -2.07. The van der Waals surface area contributed by atoms with E-state index in [0.29, 0.717) is 22.9 Å². The molecule has 0 N–H and O–H groups in total. The molecule has 2 aromatic carbocycles. The zero-order chi connectivity index (χ0) is 21.6. The van der Waals surface area contributed by atoms with E-state index in [2.05, 4.69) is 15.1 Å². The predicted octanol–water partition coefficient (Wildman–Crippen LogP) is 5.16. The van der Waals surface area contributed by atoms with Crippen LogP contribution in [0, 0.1) is 6.92 Å². The van der Waals surface area contributed by atoms with Crippen LogP contribution in [0.5, 0.6) is 5.75 Å². The molecular weight excluding hydrogens is 434 g/mol. The van der Waals surface area contributed by atoms with Gasteiger partial charge >= 0.3 is 5.97 Å². The van der Waals surface area contributed by atoms with E-state index in [4.69, 9.17) is 14.0 Å². The topological polar surface area (TPSA) is 87.3 Å². The third-order valence-corrected chi connectivity index (χ3v) is 6.20. The molecule has 2 heterocycles. The van der Waals surface area contributed by atoms with Crippen molar-refractivity contribution in [2.24, 2.45) is 0 Å². The Labute approximate surface area is 187 Å². The smallest absolute Gasteiger partial charge is 0.339 e. The van der Waals surface area contributed by atoms with Gasteiger partial charge in [0.1, 0.15) is 5.75 Å². The highest BCUT2D eigenvalue weighted by Gasteiger charge is 2.16. The van der Waals surface area contributed by atoms with Gasteiger partial charge in [-0.1, -0.05) is 29.4 Å². The molecular formula is C22H19N3O4S2. The number of carbonyl (C=O) groups is 1. The molecule has 0 fully saturated rings. The molecule has 31 heavy (non-hydrogen) atoms. The number of benzene rings is 2. The lowest BCUT2D eigenvalue weighted by molar-refractivity contribution is 0.0425. The first-order valence-electron chi connectivity index (χ1n) is 9.39. The molecule has 0 aliphatic carbocycles. The Morgan fingerprint density at radius 1 is 1.16 bits per heavy atom. The van der Waals surface area contributed by atoms with Crippen molar-refractivity contribution in [2.45, 2.75) is 24.2 Å². The summed E-state index contributed by atoms with van der Waals surface area (Å²) in [5, 5.41) is 7.00. The van der Waals surface area contributed by atoms with Gasteiger partial charge in [0.15, 0.2) is 6.61 Å². The van der Waals surface area contributed by atoms with Crippen LogP contribution in [0.1, 0.15) is 27.0 Å². The fourth-order valence-corrected chi connectivity index (χ4v) is 4.44. The van der Waals surface area contributed by atoms with Gasteiger partial charge in [-0.25, -0.2) is 9.78 Å². The molecule has 9 heteroatoms. The third kappa shape index (κ3) is 5.31. The standard InChI is InChI=1S/C22H19N3O4S2/c1-14-23-16(12-30-14)13-31-19-9-4-3-8-18(19)22(26)28-11-20-24-21(25-29-20)15-6-5-7-17(10-15)27-2/h3-10,12H,11,13H2,1-2H3. The van der Waals surface area contributed by atoms with Gasteiger partial charge in [-0.2, -0.15) is 4.98 Å². The Balaban J connectivity index is 1.39. The van der Waals surface area contributed by atoms with Crippen molar-refractivity contribution in [3.8, 4) is 17.1 Å². The van der Waals surface area contributed by atoms with Crippen LogP contribution in [0.15, 0.2) is 63.3 Å². The highest BCUT2D eigenvalue weighted by Crippen LogP contribution is 2.28. The minimum atomic E-state index is -0.446. The Bertz CT molecular complexity index is 1190. The van der Waals surface area contributed by atoms with Gasteiger partial charge < -0.3 is 14.0 Å². The van der Waals surface area contributed by atoms with Gasteiger partial charge in [-0.05, 0) is 31.2 Å². The molecule has 0 saturated carbocycles. The number of esters is 1. The summed E-state index contributed by atoms with van der Waals surface area (Å²) in [5.74, 6) is 1.55. The Morgan fingerprint density at radius 2 is 2.03 bits per heavy atom. The Kier molecular flexibility index (Phi) is 6.63. The summed E-state index contributed by atoms with van der Waals surface area (Å²) in [6.07, 6.45) is 0. The maximum Gasteiger partial charge on any atom is 0.339 e. The molecule has 0 unspecified atom stereocenters. The van der Waals surface area contributed by atoms with Crippen molar-refractivity contribution in [3.05, 3.63) is 76.1 Å². The van der Waals surface area contributed by atoms with E-state index in [-0.39, 0.29) is 12.5 Å². The Morgan fingerprint density at radius 3 is 2.84 bits per heavy atom. The summed E-state index contributed by atoms with van der Waals surface area (Å²) in [4.78, 5) is 22.3. The highest BCUT2D eigenvalue weighted by atomic mass is 32.2. The summed E-state index contributed by atoms with van der Waals surface area (Å²) in [6, 6.07) is 14.7. The number of hydrogen-bond acceptors (Lipinski definition) is 9. The van der Waals surface area contributed by atoms with E-state index in [1.807, 2.05) is 42.6 Å². The number of rotatable bonds is 8. The van der Waals surface area contributed by atoms with Crippen molar-refractivity contribution in [2.75, 3.05) is 7.11 Å². The van der Waals surface area contributed by atoms with E-state index in [1.165, 1.54) is 0 Å². The van der Waals surface area contributed by atoms with Gasteiger partial charge in [-0.3, -0.25) is 0 Å². The van der Waals surface area contributed by atoms with Gasteiger partial charge in [0.25, 0.3) is 5.89 Å². The van der Waals surface area contributed by atoms with Gasteiger partial charge in [-0.15, -0.1) is 23.1 Å². The molecule has 0 amide bonds. The van der Waals surface area contributed by atoms with E-state index in [9.17, 15) is 4.79 Å². The molecule has 4 rings (SSSR count). The molecule has 0 aliphatic heterocycles. The number of thioether (sulfide) groups is 1. The minimum absolute atomic E-state index is 0.111. The third-order valence-electron chi connectivity index (χ3n) is 4.27. The zero-order valence-corrected chi connectivity index (χ0v) is 18.5. The normalized spacial score (nSPS) is 10.8. The van der Waals surface area contributed by atoms with Crippen LogP contribution in [0.4, 0.5) is 0 Å². The average molecular weight is 454 g/mol. The molecule has 0 bridgehead atoms. The number of thiazole rings is 1. The summed E-state index contributed by atoms with van der Waals surface area (Å²) >= 11 is 3.16. The molecule has 0 spiro atoms. The van der Waals surface area contributed by atoms with Crippen LogP contribution >= 0.6 is 23.1 Å². The number of methoxy groups -OCH3 is 1. The van der Waals surface area contributed by atoms with E-state index in [1.54, 1.807) is 48.4 Å². The first-order valence-corrected chi connectivity index (χ1v) is 11.3. The van der Waals surface area contributed by atoms with E-state index >= 15 is 0 Å². The van der Waals surface area contributed by atoms with Crippen LogP contribution in [-0.2, 0) is 17.1 Å². The van der Waals surface area contributed by atoms with Crippen LogP contribution in [-0.4, -0.2) is 28.2 Å². The summed E-state index contributed by atoms with van der Waals surface area (Å²) in [5.41, 5.74) is 2.23. The number of nitrogens with zero attached hydrogens (tertiary/aromatic N) is 3. The molecule has 0 aliphatic rings. The van der Waals surface area contributed by atoms with Gasteiger partial charge in [0.05, 0.1) is 23.4 Å². The quantitative estimate of drug-likeness (QED) is 0.267. The second kappa shape index (κ2) is 9.76. The summed E-state index contributed by atoms with van der Waals surface area (Å²) in [6.45, 7) is 1.86. The molecule has 0 saturated heterocycles. The molecule has 2 aromatic heterocycles. The van der Waals surface area contributed by atoms with Crippen LogP contribution < -0.4 is 4.74 Å². The second-order valence-corrected chi connectivity index (χ2v) is 8.54. The lowest BCUT2D eigenvalue weighted by Gasteiger charge is -2.07. The lowest BCUT2D eigenvalue weighted by atomic mass is 10.2.